The van der Waals surface area contributed by atoms with Crippen molar-refractivity contribution >= 4 is 18.0 Å². The van der Waals surface area contributed by atoms with Gasteiger partial charge in [-0.2, -0.15) is 0 Å². The topological polar surface area (TPSA) is 82.1 Å². The minimum Gasteiger partial charge on any atom is -0.466 e. The molecule has 0 aliphatic carbocycles. The highest BCUT2D eigenvalue weighted by atomic mass is 16.8. The van der Waals surface area contributed by atoms with Crippen LogP contribution in [0.4, 0.5) is 4.79 Å². The van der Waals surface area contributed by atoms with Gasteiger partial charge in [0.1, 0.15) is 6.61 Å². The Balaban J connectivity index is 1.99. The maximum atomic E-state index is 11.7. The molecule has 7 heteroatoms. The number of benzene rings is 1. The summed E-state index contributed by atoms with van der Waals surface area (Å²) >= 11 is 0. The van der Waals surface area contributed by atoms with Crippen LogP contribution in [0.25, 0.3) is 0 Å². The largest absolute Gasteiger partial charge is 0.466 e. The predicted molar refractivity (Wildman–Crippen MR) is 60.4 cm³/mol. The van der Waals surface area contributed by atoms with Crippen LogP contribution in [0.1, 0.15) is 5.56 Å². The van der Waals surface area contributed by atoms with E-state index in [0.29, 0.717) is 5.06 Å². The van der Waals surface area contributed by atoms with Gasteiger partial charge in [0.2, 0.25) is 0 Å². The molecule has 1 saturated heterocycles. The molecule has 1 heterocycles. The van der Waals surface area contributed by atoms with Gasteiger partial charge in [-0.15, -0.1) is 5.06 Å². The highest BCUT2D eigenvalue weighted by molar-refractivity contribution is 6.10. The van der Waals surface area contributed by atoms with Gasteiger partial charge in [-0.05, 0) is 5.56 Å². The van der Waals surface area contributed by atoms with E-state index in [1.807, 2.05) is 6.07 Å². The number of carbonyl (C=O) groups is 3. The molecule has 7 nitrogen and oxygen atoms in total. The van der Waals surface area contributed by atoms with E-state index >= 15 is 0 Å². The van der Waals surface area contributed by atoms with Crippen molar-refractivity contribution in [2.45, 2.75) is 12.7 Å². The van der Waals surface area contributed by atoms with Crippen LogP contribution in [0.15, 0.2) is 30.3 Å². The highest BCUT2D eigenvalue weighted by Gasteiger charge is 2.47. The van der Waals surface area contributed by atoms with Crippen molar-refractivity contribution in [3.8, 4) is 0 Å². The van der Waals surface area contributed by atoms with Gasteiger partial charge >= 0.3 is 18.0 Å². The number of amides is 2. The monoisotopic (exact) mass is 265 g/mol. The van der Waals surface area contributed by atoms with Crippen molar-refractivity contribution < 1.29 is 28.7 Å². The quantitative estimate of drug-likeness (QED) is 0.587. The van der Waals surface area contributed by atoms with E-state index in [1.165, 1.54) is 0 Å². The normalized spacial score (nSPS) is 18.4. The summed E-state index contributed by atoms with van der Waals surface area (Å²) in [6.45, 7) is 0.00950. The lowest BCUT2D eigenvalue weighted by atomic mass is 10.2. The first kappa shape index (κ1) is 13.0. The molecule has 1 unspecified atom stereocenters. The summed E-state index contributed by atoms with van der Waals surface area (Å²) in [5.41, 5.74) is 0.768. The van der Waals surface area contributed by atoms with Crippen LogP contribution in [0.3, 0.4) is 0 Å². The maximum Gasteiger partial charge on any atom is 0.443 e. The predicted octanol–water partition coefficient (Wildman–Crippen LogP) is 0.639. The summed E-state index contributed by atoms with van der Waals surface area (Å²) in [5, 5.41) is 0.425. The van der Waals surface area contributed by atoms with Crippen LogP contribution in [-0.2, 0) is 30.5 Å². The fourth-order valence-electron chi connectivity index (χ4n) is 1.48. The molecule has 0 saturated carbocycles. The standard InChI is InChI=1S/C12H11NO6/c1-17-11(15)9-10(14)13(12(16)19-9)18-7-8-5-3-2-4-6-8/h2-6,9H,7H2,1H3. The second-order valence-corrected chi connectivity index (χ2v) is 3.68. The maximum absolute atomic E-state index is 11.7. The van der Waals surface area contributed by atoms with Crippen molar-refractivity contribution in [2.24, 2.45) is 0 Å². The van der Waals surface area contributed by atoms with Crippen molar-refractivity contribution in [1.29, 1.82) is 0 Å². The van der Waals surface area contributed by atoms with Crippen molar-refractivity contribution in [2.75, 3.05) is 7.11 Å². The van der Waals surface area contributed by atoms with Gasteiger partial charge in [0.15, 0.2) is 0 Å². The summed E-state index contributed by atoms with van der Waals surface area (Å²) in [6, 6.07) is 8.94. The van der Waals surface area contributed by atoms with E-state index in [9.17, 15) is 14.4 Å². The molecule has 19 heavy (non-hydrogen) atoms. The van der Waals surface area contributed by atoms with E-state index in [-0.39, 0.29) is 6.61 Å². The third-order valence-electron chi connectivity index (χ3n) is 2.43. The van der Waals surface area contributed by atoms with Crippen LogP contribution in [0, 0.1) is 0 Å². The van der Waals surface area contributed by atoms with Gasteiger partial charge in [-0.3, -0.25) is 9.63 Å². The van der Waals surface area contributed by atoms with Crippen LogP contribution in [0.5, 0.6) is 0 Å². The van der Waals surface area contributed by atoms with Crippen LogP contribution >= 0.6 is 0 Å². The Morgan fingerprint density at radius 3 is 2.63 bits per heavy atom. The zero-order valence-electron chi connectivity index (χ0n) is 10.1. The summed E-state index contributed by atoms with van der Waals surface area (Å²) in [6.07, 6.45) is -2.62. The first-order valence-electron chi connectivity index (χ1n) is 5.42. The number of hydrogen-bond donors (Lipinski definition) is 0. The number of hydrogen-bond acceptors (Lipinski definition) is 6. The molecule has 0 spiro atoms. The summed E-state index contributed by atoms with van der Waals surface area (Å²) in [5.74, 6) is -1.84. The van der Waals surface area contributed by atoms with Gasteiger partial charge < -0.3 is 9.47 Å². The average molecular weight is 265 g/mol. The Hall–Kier alpha value is -2.41. The molecule has 1 aromatic carbocycles. The molecule has 2 amide bonds. The van der Waals surface area contributed by atoms with E-state index < -0.39 is 24.1 Å². The van der Waals surface area contributed by atoms with Crippen molar-refractivity contribution in [1.82, 2.24) is 5.06 Å². The number of hydroxylamine groups is 2. The zero-order valence-corrected chi connectivity index (χ0v) is 10.1. The number of ether oxygens (including phenoxy) is 2. The number of methoxy groups -OCH3 is 1. The second kappa shape index (κ2) is 5.49. The number of carbonyl (C=O) groups excluding carboxylic acids is 3. The number of rotatable bonds is 4. The van der Waals surface area contributed by atoms with E-state index in [0.717, 1.165) is 12.7 Å². The molecule has 0 aromatic heterocycles. The molecule has 0 radical (unpaired) electrons. The van der Waals surface area contributed by atoms with Crippen LogP contribution in [-0.4, -0.2) is 36.2 Å². The smallest absolute Gasteiger partial charge is 0.443 e. The molecule has 1 atom stereocenters. The number of imide groups is 1. The Bertz CT molecular complexity index is 500. The Morgan fingerprint density at radius 2 is 2.00 bits per heavy atom. The van der Waals surface area contributed by atoms with E-state index in [1.54, 1.807) is 24.3 Å². The third-order valence-corrected chi connectivity index (χ3v) is 2.43. The Kier molecular flexibility index (Phi) is 3.76. The average Bonchev–Trinajstić information content (AvgIpc) is 2.72. The Labute approximate surface area is 108 Å². The lowest BCUT2D eigenvalue weighted by Gasteiger charge is -2.10. The number of cyclic esters (lactones) is 1. The van der Waals surface area contributed by atoms with Gasteiger partial charge in [0.05, 0.1) is 7.11 Å². The highest BCUT2D eigenvalue weighted by Crippen LogP contribution is 2.16. The molecule has 0 N–H and O–H groups in total. The number of nitrogens with zero attached hydrogens (tertiary/aromatic N) is 1. The molecule has 0 bridgehead atoms. The molecule has 1 aromatic rings. The fraction of sp³-hybridized carbons (Fsp3) is 0.250. The van der Waals surface area contributed by atoms with Crippen LogP contribution < -0.4 is 0 Å². The molecular weight excluding hydrogens is 254 g/mol. The SMILES string of the molecule is COC(=O)C1OC(=O)N(OCc2ccccc2)C1=O. The van der Waals surface area contributed by atoms with Crippen molar-refractivity contribution in [3.05, 3.63) is 35.9 Å². The molecule has 1 fully saturated rings. The Morgan fingerprint density at radius 1 is 1.32 bits per heavy atom. The minimum atomic E-state index is -1.59. The molecule has 2 rings (SSSR count). The second-order valence-electron chi connectivity index (χ2n) is 3.68. The lowest BCUT2D eigenvalue weighted by molar-refractivity contribution is -0.170. The summed E-state index contributed by atoms with van der Waals surface area (Å²) in [7, 11) is 1.09. The van der Waals surface area contributed by atoms with E-state index in [4.69, 9.17) is 4.84 Å². The molecule has 1 aliphatic rings. The van der Waals surface area contributed by atoms with Gasteiger partial charge in [-0.1, -0.05) is 30.3 Å². The first-order chi connectivity index (χ1) is 9.13. The lowest BCUT2D eigenvalue weighted by Crippen LogP contribution is -2.35. The van der Waals surface area contributed by atoms with Crippen molar-refractivity contribution in [3.63, 3.8) is 0 Å². The molecule has 100 valence electrons. The minimum absolute atomic E-state index is 0.00950. The fourth-order valence-corrected chi connectivity index (χ4v) is 1.48. The van der Waals surface area contributed by atoms with Gasteiger partial charge in [0.25, 0.3) is 6.10 Å². The zero-order chi connectivity index (χ0) is 13.8. The molecule has 1 aliphatic heterocycles. The van der Waals surface area contributed by atoms with Crippen LogP contribution in [0.2, 0.25) is 0 Å². The first-order valence-corrected chi connectivity index (χ1v) is 5.42. The van der Waals surface area contributed by atoms with Gasteiger partial charge in [-0.25, -0.2) is 9.59 Å². The summed E-state index contributed by atoms with van der Waals surface area (Å²) in [4.78, 5) is 39.3. The summed E-state index contributed by atoms with van der Waals surface area (Å²) < 4.78 is 8.91. The van der Waals surface area contributed by atoms with Gasteiger partial charge in [0, 0.05) is 0 Å². The number of esters is 1. The van der Waals surface area contributed by atoms with E-state index in [2.05, 4.69) is 9.47 Å². The molecular formula is C12H11NO6. The third kappa shape index (κ3) is 2.71.